The normalized spacial score (nSPS) is 26.3. The van der Waals surface area contributed by atoms with Crippen LogP contribution in [0.2, 0.25) is 0 Å². The van der Waals surface area contributed by atoms with Gasteiger partial charge in [0.05, 0.1) is 11.9 Å². The lowest BCUT2D eigenvalue weighted by Crippen LogP contribution is -2.26. The zero-order chi connectivity index (χ0) is 10.7. The molecule has 1 N–H and O–H groups in total. The molecule has 0 amide bonds. The largest absolute Gasteiger partial charge is 0.381 e. The summed E-state index contributed by atoms with van der Waals surface area (Å²) >= 11 is 0. The molecule has 0 aliphatic heterocycles. The number of hydrogen-bond acceptors (Lipinski definition) is 2. The molecule has 0 spiro atoms. The number of aromatic nitrogens is 1. The van der Waals surface area contributed by atoms with Crippen molar-refractivity contribution in [2.75, 3.05) is 5.32 Å². The Morgan fingerprint density at radius 1 is 1.40 bits per heavy atom. The molecule has 0 unspecified atom stereocenters. The highest BCUT2D eigenvalue weighted by Gasteiger charge is 2.18. The molecule has 0 radical (unpaired) electrons. The van der Waals surface area contributed by atoms with Crippen LogP contribution in [0.4, 0.5) is 5.69 Å². The van der Waals surface area contributed by atoms with Crippen LogP contribution in [-0.2, 0) is 0 Å². The summed E-state index contributed by atoms with van der Waals surface area (Å²) in [5, 5.41) is 3.62. The number of nitrogens with one attached hydrogen (secondary N) is 1. The number of rotatable bonds is 2. The Hall–Kier alpha value is -1.05. The molecule has 0 saturated heterocycles. The summed E-state index contributed by atoms with van der Waals surface area (Å²) in [4.78, 5) is 4.17. The quantitative estimate of drug-likeness (QED) is 0.798. The summed E-state index contributed by atoms with van der Waals surface area (Å²) in [5.41, 5.74) is 2.50. The fraction of sp³-hybridized carbons (Fsp3) is 0.615. The molecule has 2 nitrogen and oxygen atoms in total. The van der Waals surface area contributed by atoms with Gasteiger partial charge in [-0.05, 0) is 37.3 Å². The minimum Gasteiger partial charge on any atom is -0.381 e. The Balaban J connectivity index is 1.99. The number of aryl methyl sites for hydroxylation is 1. The first-order chi connectivity index (χ1) is 7.25. The Bertz CT molecular complexity index is 322. The molecule has 1 heterocycles. The SMILES string of the molecule is Cc1ccncc1N[C@@H]1CCC[C@H](C)C1. The number of pyridine rings is 1. The first-order valence-corrected chi connectivity index (χ1v) is 5.93. The van der Waals surface area contributed by atoms with E-state index in [0.29, 0.717) is 6.04 Å². The van der Waals surface area contributed by atoms with E-state index in [1.807, 2.05) is 12.4 Å². The van der Waals surface area contributed by atoms with Gasteiger partial charge in [0.15, 0.2) is 0 Å². The second-order valence-corrected chi connectivity index (χ2v) is 4.80. The van der Waals surface area contributed by atoms with Crippen LogP contribution in [0.3, 0.4) is 0 Å². The summed E-state index contributed by atoms with van der Waals surface area (Å²) in [6, 6.07) is 2.71. The zero-order valence-electron chi connectivity index (χ0n) is 9.66. The van der Waals surface area contributed by atoms with E-state index in [0.717, 1.165) is 5.92 Å². The standard InChI is InChI=1S/C13H20N2/c1-10-4-3-5-12(8-10)15-13-9-14-7-6-11(13)2/h6-7,9-10,12,15H,3-5,8H2,1-2H3/t10-,12+/m0/s1. The van der Waals surface area contributed by atoms with Crippen molar-refractivity contribution in [3.63, 3.8) is 0 Å². The van der Waals surface area contributed by atoms with Crippen LogP contribution in [0, 0.1) is 12.8 Å². The Labute approximate surface area is 92.1 Å². The fourth-order valence-corrected chi connectivity index (χ4v) is 2.40. The smallest absolute Gasteiger partial charge is 0.0558 e. The summed E-state index contributed by atoms with van der Waals surface area (Å²) in [7, 11) is 0. The molecule has 1 aliphatic carbocycles. The second-order valence-electron chi connectivity index (χ2n) is 4.80. The van der Waals surface area contributed by atoms with Gasteiger partial charge < -0.3 is 5.32 Å². The van der Waals surface area contributed by atoms with Gasteiger partial charge in [0.2, 0.25) is 0 Å². The van der Waals surface area contributed by atoms with Crippen LogP contribution >= 0.6 is 0 Å². The average molecular weight is 204 g/mol. The Morgan fingerprint density at radius 3 is 3.00 bits per heavy atom. The van der Waals surface area contributed by atoms with Crippen molar-refractivity contribution in [3.05, 3.63) is 24.0 Å². The van der Waals surface area contributed by atoms with Crippen molar-refractivity contribution in [1.82, 2.24) is 4.98 Å². The molecule has 2 heteroatoms. The molecular formula is C13H20N2. The minimum atomic E-state index is 0.650. The minimum absolute atomic E-state index is 0.650. The van der Waals surface area contributed by atoms with Gasteiger partial charge >= 0.3 is 0 Å². The van der Waals surface area contributed by atoms with Gasteiger partial charge in [-0.15, -0.1) is 0 Å². The van der Waals surface area contributed by atoms with Crippen molar-refractivity contribution in [2.45, 2.75) is 45.6 Å². The molecule has 1 aromatic heterocycles. The topological polar surface area (TPSA) is 24.9 Å². The molecule has 82 valence electrons. The molecule has 0 aromatic carbocycles. The highest BCUT2D eigenvalue weighted by Crippen LogP contribution is 2.26. The summed E-state index contributed by atoms with van der Waals surface area (Å²) in [6.45, 7) is 4.49. The van der Waals surface area contributed by atoms with Crippen LogP contribution in [0.5, 0.6) is 0 Å². The van der Waals surface area contributed by atoms with Crippen molar-refractivity contribution < 1.29 is 0 Å². The van der Waals surface area contributed by atoms with Crippen LogP contribution < -0.4 is 5.32 Å². The van der Waals surface area contributed by atoms with Crippen molar-refractivity contribution >= 4 is 5.69 Å². The summed E-state index contributed by atoms with van der Waals surface area (Å²) < 4.78 is 0. The molecule has 2 atom stereocenters. The molecule has 15 heavy (non-hydrogen) atoms. The monoisotopic (exact) mass is 204 g/mol. The second kappa shape index (κ2) is 4.65. The fourth-order valence-electron chi connectivity index (χ4n) is 2.40. The highest BCUT2D eigenvalue weighted by atomic mass is 14.9. The van der Waals surface area contributed by atoms with E-state index in [1.165, 1.54) is 36.9 Å². The highest BCUT2D eigenvalue weighted by molar-refractivity contribution is 5.48. The van der Waals surface area contributed by atoms with Gasteiger partial charge in [-0.1, -0.05) is 19.8 Å². The van der Waals surface area contributed by atoms with E-state index in [2.05, 4.69) is 30.2 Å². The van der Waals surface area contributed by atoms with Crippen molar-refractivity contribution in [2.24, 2.45) is 5.92 Å². The van der Waals surface area contributed by atoms with E-state index in [9.17, 15) is 0 Å². The maximum atomic E-state index is 4.17. The van der Waals surface area contributed by atoms with Gasteiger partial charge in [0.1, 0.15) is 0 Å². The first kappa shape index (κ1) is 10.5. The van der Waals surface area contributed by atoms with Crippen molar-refractivity contribution in [1.29, 1.82) is 0 Å². The Kier molecular flexibility index (Phi) is 3.24. The van der Waals surface area contributed by atoms with E-state index < -0.39 is 0 Å². The molecular weight excluding hydrogens is 184 g/mol. The molecule has 0 bridgehead atoms. The molecule has 1 aromatic rings. The molecule has 1 aliphatic rings. The third kappa shape index (κ3) is 2.71. The van der Waals surface area contributed by atoms with Gasteiger partial charge in [-0.2, -0.15) is 0 Å². The van der Waals surface area contributed by atoms with E-state index >= 15 is 0 Å². The molecule has 2 rings (SSSR count). The lowest BCUT2D eigenvalue weighted by Gasteiger charge is -2.28. The average Bonchev–Trinajstić information content (AvgIpc) is 2.22. The summed E-state index contributed by atoms with van der Waals surface area (Å²) in [6.07, 6.45) is 9.15. The van der Waals surface area contributed by atoms with E-state index in [-0.39, 0.29) is 0 Å². The van der Waals surface area contributed by atoms with E-state index in [1.54, 1.807) is 0 Å². The predicted molar refractivity (Wildman–Crippen MR) is 64.0 cm³/mol. The maximum Gasteiger partial charge on any atom is 0.0558 e. The van der Waals surface area contributed by atoms with Gasteiger partial charge in [-0.25, -0.2) is 0 Å². The number of hydrogen-bond donors (Lipinski definition) is 1. The van der Waals surface area contributed by atoms with Crippen LogP contribution in [0.1, 0.15) is 38.2 Å². The first-order valence-electron chi connectivity index (χ1n) is 5.93. The van der Waals surface area contributed by atoms with Gasteiger partial charge in [-0.3, -0.25) is 4.98 Å². The molecule has 1 fully saturated rings. The lowest BCUT2D eigenvalue weighted by atomic mass is 9.87. The van der Waals surface area contributed by atoms with E-state index in [4.69, 9.17) is 0 Å². The number of nitrogens with zero attached hydrogens (tertiary/aromatic N) is 1. The zero-order valence-corrected chi connectivity index (χ0v) is 9.66. The van der Waals surface area contributed by atoms with Crippen LogP contribution in [0.25, 0.3) is 0 Å². The lowest BCUT2D eigenvalue weighted by molar-refractivity contribution is 0.358. The van der Waals surface area contributed by atoms with Gasteiger partial charge in [0.25, 0.3) is 0 Å². The Morgan fingerprint density at radius 2 is 2.27 bits per heavy atom. The maximum absolute atomic E-state index is 4.17. The summed E-state index contributed by atoms with van der Waals surface area (Å²) in [5.74, 6) is 0.869. The molecule has 1 saturated carbocycles. The van der Waals surface area contributed by atoms with Crippen molar-refractivity contribution in [3.8, 4) is 0 Å². The van der Waals surface area contributed by atoms with Crippen LogP contribution in [0.15, 0.2) is 18.5 Å². The predicted octanol–water partition coefficient (Wildman–Crippen LogP) is 3.38. The number of anilines is 1. The third-order valence-corrected chi connectivity index (χ3v) is 3.34. The third-order valence-electron chi connectivity index (χ3n) is 3.34. The van der Waals surface area contributed by atoms with Crippen LogP contribution in [-0.4, -0.2) is 11.0 Å². The van der Waals surface area contributed by atoms with Gasteiger partial charge in [0, 0.05) is 12.2 Å².